The lowest BCUT2D eigenvalue weighted by molar-refractivity contribution is 0.0750. The van der Waals surface area contributed by atoms with E-state index in [2.05, 4.69) is 30.8 Å². The van der Waals surface area contributed by atoms with Crippen molar-refractivity contribution in [3.8, 4) is 0 Å². The molecule has 2 fully saturated rings. The molecule has 0 aliphatic carbocycles. The zero-order valence-electron chi connectivity index (χ0n) is 15.3. The molecule has 7 nitrogen and oxygen atoms in total. The lowest BCUT2D eigenvalue weighted by Crippen LogP contribution is -2.49. The zero-order chi connectivity index (χ0) is 18.1. The molecule has 2 aliphatic heterocycles. The second-order valence-corrected chi connectivity index (χ2v) is 7.73. The first kappa shape index (κ1) is 17.2. The van der Waals surface area contributed by atoms with Crippen LogP contribution < -0.4 is 9.80 Å². The van der Waals surface area contributed by atoms with Crippen LogP contribution in [-0.2, 0) is 0 Å². The Morgan fingerprint density at radius 1 is 0.962 bits per heavy atom. The maximum absolute atomic E-state index is 12.7. The number of nitrogens with zero attached hydrogens (tertiary/aromatic N) is 6. The molecule has 2 aromatic heterocycles. The standard InChI is InChI=1S/C18H24N6OS/c1-13-17(26-12-19-13)18(25)24-9-7-23(8-10-24)16-11-15(20-14(2)21-16)22-5-3-4-6-22/h11-12H,3-10H2,1-2H3. The summed E-state index contributed by atoms with van der Waals surface area (Å²) in [7, 11) is 0. The molecule has 2 aromatic rings. The third kappa shape index (κ3) is 3.38. The molecule has 0 aromatic carbocycles. The van der Waals surface area contributed by atoms with Crippen molar-refractivity contribution in [1.29, 1.82) is 0 Å². The van der Waals surface area contributed by atoms with Crippen LogP contribution in [0.15, 0.2) is 11.6 Å². The molecule has 0 N–H and O–H groups in total. The minimum Gasteiger partial charge on any atom is -0.356 e. The topological polar surface area (TPSA) is 65.5 Å². The molecule has 2 saturated heterocycles. The monoisotopic (exact) mass is 372 g/mol. The second-order valence-electron chi connectivity index (χ2n) is 6.87. The minimum atomic E-state index is 0.0984. The van der Waals surface area contributed by atoms with Crippen LogP contribution in [0.4, 0.5) is 11.6 Å². The summed E-state index contributed by atoms with van der Waals surface area (Å²) in [6, 6.07) is 2.10. The van der Waals surface area contributed by atoms with Crippen LogP contribution in [0.1, 0.15) is 34.0 Å². The number of aromatic nitrogens is 3. The van der Waals surface area contributed by atoms with E-state index in [0.717, 1.165) is 54.2 Å². The molecule has 26 heavy (non-hydrogen) atoms. The molecule has 8 heteroatoms. The summed E-state index contributed by atoms with van der Waals surface area (Å²) in [6.07, 6.45) is 2.46. The average Bonchev–Trinajstić information content (AvgIpc) is 3.32. The van der Waals surface area contributed by atoms with Gasteiger partial charge in [0.1, 0.15) is 22.3 Å². The van der Waals surface area contributed by atoms with Crippen LogP contribution in [0.25, 0.3) is 0 Å². The van der Waals surface area contributed by atoms with Crippen molar-refractivity contribution in [3.05, 3.63) is 28.0 Å². The van der Waals surface area contributed by atoms with Crippen molar-refractivity contribution < 1.29 is 4.79 Å². The molecular weight excluding hydrogens is 348 g/mol. The Morgan fingerprint density at radius 2 is 1.58 bits per heavy atom. The molecule has 1 amide bonds. The highest BCUT2D eigenvalue weighted by molar-refractivity contribution is 7.11. The minimum absolute atomic E-state index is 0.0984. The van der Waals surface area contributed by atoms with Crippen molar-refractivity contribution in [1.82, 2.24) is 19.9 Å². The van der Waals surface area contributed by atoms with Gasteiger partial charge < -0.3 is 14.7 Å². The van der Waals surface area contributed by atoms with Gasteiger partial charge in [-0.2, -0.15) is 0 Å². The number of anilines is 2. The third-order valence-corrected chi connectivity index (χ3v) is 5.99. The molecule has 0 spiro atoms. The first-order valence-electron chi connectivity index (χ1n) is 9.17. The summed E-state index contributed by atoms with van der Waals surface area (Å²) in [6.45, 7) is 8.99. The molecular formula is C18H24N6OS. The van der Waals surface area contributed by atoms with E-state index in [1.807, 2.05) is 18.7 Å². The van der Waals surface area contributed by atoms with Gasteiger partial charge in [0.05, 0.1) is 11.2 Å². The number of carbonyl (C=O) groups is 1. The van der Waals surface area contributed by atoms with Crippen LogP contribution in [0.5, 0.6) is 0 Å². The number of thiazole rings is 1. The van der Waals surface area contributed by atoms with Gasteiger partial charge in [-0.25, -0.2) is 15.0 Å². The van der Waals surface area contributed by atoms with E-state index >= 15 is 0 Å². The smallest absolute Gasteiger partial charge is 0.265 e. The summed E-state index contributed by atoms with van der Waals surface area (Å²) in [5.41, 5.74) is 2.56. The van der Waals surface area contributed by atoms with Crippen LogP contribution in [0.3, 0.4) is 0 Å². The van der Waals surface area contributed by atoms with Crippen molar-refractivity contribution in [2.45, 2.75) is 26.7 Å². The van der Waals surface area contributed by atoms with Crippen LogP contribution in [-0.4, -0.2) is 65.0 Å². The van der Waals surface area contributed by atoms with Gasteiger partial charge in [-0.1, -0.05) is 0 Å². The van der Waals surface area contributed by atoms with E-state index < -0.39 is 0 Å². The number of hydrogen-bond acceptors (Lipinski definition) is 7. The van der Waals surface area contributed by atoms with E-state index in [-0.39, 0.29) is 5.91 Å². The van der Waals surface area contributed by atoms with E-state index in [1.54, 1.807) is 5.51 Å². The van der Waals surface area contributed by atoms with Crippen LogP contribution in [0, 0.1) is 13.8 Å². The summed E-state index contributed by atoms with van der Waals surface area (Å²) in [5.74, 6) is 2.91. The predicted molar refractivity (Wildman–Crippen MR) is 103 cm³/mol. The number of hydrogen-bond donors (Lipinski definition) is 0. The molecule has 0 radical (unpaired) electrons. The fourth-order valence-electron chi connectivity index (χ4n) is 3.60. The number of piperazine rings is 1. The summed E-state index contributed by atoms with van der Waals surface area (Å²) in [5, 5.41) is 0. The maximum atomic E-state index is 12.7. The number of aryl methyl sites for hydroxylation is 2. The highest BCUT2D eigenvalue weighted by atomic mass is 32.1. The van der Waals surface area contributed by atoms with E-state index in [0.29, 0.717) is 13.1 Å². The van der Waals surface area contributed by atoms with Gasteiger partial charge >= 0.3 is 0 Å². The predicted octanol–water partition coefficient (Wildman–Crippen LogP) is 2.11. The first-order chi connectivity index (χ1) is 12.6. The SMILES string of the molecule is Cc1nc(N2CCCC2)cc(N2CCN(C(=O)c3scnc3C)CC2)n1. The second kappa shape index (κ2) is 7.19. The van der Waals surface area contributed by atoms with Gasteiger partial charge in [0.15, 0.2) is 0 Å². The molecule has 4 rings (SSSR count). The molecule has 2 aliphatic rings. The van der Waals surface area contributed by atoms with Gasteiger partial charge in [-0.15, -0.1) is 11.3 Å². The lowest BCUT2D eigenvalue weighted by Gasteiger charge is -2.35. The number of amides is 1. The highest BCUT2D eigenvalue weighted by Crippen LogP contribution is 2.24. The molecule has 0 saturated carbocycles. The fourth-order valence-corrected chi connectivity index (χ4v) is 4.37. The Morgan fingerprint density at radius 3 is 2.15 bits per heavy atom. The third-order valence-electron chi connectivity index (χ3n) is 5.07. The molecule has 0 bridgehead atoms. The van der Waals surface area contributed by atoms with Crippen molar-refractivity contribution in [2.24, 2.45) is 0 Å². The highest BCUT2D eigenvalue weighted by Gasteiger charge is 2.26. The van der Waals surface area contributed by atoms with Gasteiger partial charge in [-0.3, -0.25) is 4.79 Å². The Bertz CT molecular complexity index is 793. The zero-order valence-corrected chi connectivity index (χ0v) is 16.1. The first-order valence-corrected chi connectivity index (χ1v) is 10.0. The van der Waals surface area contributed by atoms with Gasteiger partial charge in [0.25, 0.3) is 5.91 Å². The maximum Gasteiger partial charge on any atom is 0.265 e. The van der Waals surface area contributed by atoms with Crippen molar-refractivity contribution >= 4 is 28.9 Å². The summed E-state index contributed by atoms with van der Waals surface area (Å²) in [4.78, 5) is 33.4. The largest absolute Gasteiger partial charge is 0.356 e. The molecule has 0 unspecified atom stereocenters. The molecule has 4 heterocycles. The van der Waals surface area contributed by atoms with Crippen molar-refractivity contribution in [2.75, 3.05) is 49.1 Å². The van der Waals surface area contributed by atoms with Gasteiger partial charge in [-0.05, 0) is 26.7 Å². The van der Waals surface area contributed by atoms with E-state index in [4.69, 9.17) is 0 Å². The Labute approximate surface area is 157 Å². The average molecular weight is 372 g/mol. The van der Waals surface area contributed by atoms with Gasteiger partial charge in [0, 0.05) is 45.3 Å². The summed E-state index contributed by atoms with van der Waals surface area (Å²) < 4.78 is 0. The van der Waals surface area contributed by atoms with E-state index in [1.165, 1.54) is 24.2 Å². The van der Waals surface area contributed by atoms with Crippen molar-refractivity contribution in [3.63, 3.8) is 0 Å². The number of rotatable bonds is 3. The Balaban J connectivity index is 1.45. The van der Waals surface area contributed by atoms with Gasteiger partial charge in [0.2, 0.25) is 0 Å². The summed E-state index contributed by atoms with van der Waals surface area (Å²) >= 11 is 1.42. The van der Waals surface area contributed by atoms with Crippen LogP contribution in [0.2, 0.25) is 0 Å². The number of carbonyl (C=O) groups excluding carboxylic acids is 1. The normalized spacial score (nSPS) is 17.8. The van der Waals surface area contributed by atoms with Crippen LogP contribution >= 0.6 is 11.3 Å². The Kier molecular flexibility index (Phi) is 4.76. The van der Waals surface area contributed by atoms with E-state index in [9.17, 15) is 4.79 Å². The molecule has 0 atom stereocenters. The quantitative estimate of drug-likeness (QED) is 0.822. The Hall–Kier alpha value is -2.22. The fraction of sp³-hybridized carbons (Fsp3) is 0.556. The lowest BCUT2D eigenvalue weighted by atomic mass is 10.2. The molecule has 138 valence electrons.